The quantitative estimate of drug-likeness (QED) is 0.175. The number of carbonyl (C=O) groups excluding carboxylic acids is 2. The van der Waals surface area contributed by atoms with Crippen LogP contribution in [0.25, 0.3) is 0 Å². The van der Waals surface area contributed by atoms with Gasteiger partial charge in [-0.2, -0.15) is 0 Å². The van der Waals surface area contributed by atoms with Crippen molar-refractivity contribution < 1.29 is 57.1 Å². The number of hydrogen-bond acceptors (Lipinski definition) is 16. The lowest BCUT2D eigenvalue weighted by atomic mass is 10.0. The maximum atomic E-state index is 11.4. The molecule has 10 N–H and O–H groups in total. The number of nitrogens with zero attached hydrogens (tertiary/aromatic N) is 1. The first kappa shape index (κ1) is 47.8. The highest BCUT2D eigenvalue weighted by molar-refractivity contribution is 7.32. The second-order valence-corrected chi connectivity index (χ2v) is 15.7. The lowest BCUT2D eigenvalue weighted by molar-refractivity contribution is -0.191. The van der Waals surface area contributed by atoms with Gasteiger partial charge >= 0.3 is 8.25 Å². The maximum Gasteiger partial charge on any atom is 0.694 e. The molecular weight excluding hydrogens is 766 g/mol. The summed E-state index contributed by atoms with van der Waals surface area (Å²) < 4.78 is 50.6. The van der Waals surface area contributed by atoms with Gasteiger partial charge < -0.3 is 61.4 Å². The van der Waals surface area contributed by atoms with Crippen molar-refractivity contribution in [1.29, 1.82) is 0 Å². The van der Waals surface area contributed by atoms with Crippen LogP contribution in [0.15, 0.2) is 10.8 Å². The summed E-state index contributed by atoms with van der Waals surface area (Å²) in [5.41, 5.74) is 24.4. The molecule has 0 aliphatic carbocycles. The fraction of sp³-hybridized carbons (Fsp3) is 0.706. The highest BCUT2D eigenvalue weighted by atomic mass is 32.1. The molecule has 2 aromatic heterocycles. The summed E-state index contributed by atoms with van der Waals surface area (Å²) in [5, 5.41) is 12.9. The molecule has 0 bridgehead atoms. The first-order valence-electron chi connectivity index (χ1n) is 16.9. The van der Waals surface area contributed by atoms with E-state index < -0.39 is 68.3 Å². The first-order chi connectivity index (χ1) is 24.4. The lowest BCUT2D eigenvalue weighted by Crippen LogP contribution is -2.32. The van der Waals surface area contributed by atoms with Crippen molar-refractivity contribution in [3.05, 3.63) is 31.6 Å². The van der Waals surface area contributed by atoms with Crippen LogP contribution in [-0.4, -0.2) is 108 Å². The van der Waals surface area contributed by atoms with Gasteiger partial charge in [0.05, 0.1) is 18.0 Å². The molecule has 4 aliphatic rings. The van der Waals surface area contributed by atoms with Crippen molar-refractivity contribution in [3.8, 4) is 0 Å². The van der Waals surface area contributed by atoms with Crippen LogP contribution in [0.2, 0.25) is 0 Å². The fourth-order valence-corrected chi connectivity index (χ4v) is 8.55. The number of fused-ring (bicyclic) bond motifs is 2. The van der Waals surface area contributed by atoms with Gasteiger partial charge in [0.25, 0.3) is 11.8 Å². The third kappa shape index (κ3) is 10.7. The number of aliphatic hydroxyl groups excluding tert-OH is 1. The topological polar surface area (TPSA) is 264 Å². The van der Waals surface area contributed by atoms with E-state index in [1.165, 1.54) is 31.0 Å². The van der Waals surface area contributed by atoms with E-state index >= 15 is 0 Å². The first-order valence-corrected chi connectivity index (χ1v) is 19.7. The zero-order valence-corrected chi connectivity index (χ0v) is 32.8. The summed E-state index contributed by atoms with van der Waals surface area (Å²) in [6, 6.07) is 0. The summed E-state index contributed by atoms with van der Waals surface area (Å²) in [4.78, 5) is 34.5. The monoisotopic (exact) mass is 824 g/mol. The lowest BCUT2D eigenvalue weighted by Gasteiger charge is -2.23. The molecule has 2 aromatic rings. The van der Waals surface area contributed by atoms with E-state index in [0.29, 0.717) is 21.7 Å². The minimum atomic E-state index is -2.75. The van der Waals surface area contributed by atoms with Gasteiger partial charge in [0, 0.05) is 15.7 Å². The predicted octanol–water partition coefficient (Wildman–Crippen LogP) is 4.06. The Morgan fingerprint density at radius 3 is 1.46 bits per heavy atom. The van der Waals surface area contributed by atoms with Crippen LogP contribution in [0.5, 0.6) is 0 Å². The molecule has 20 heteroatoms. The predicted molar refractivity (Wildman–Crippen MR) is 207 cm³/mol. The van der Waals surface area contributed by atoms with Crippen molar-refractivity contribution in [2.24, 2.45) is 11.5 Å². The molecule has 0 aromatic carbocycles. The third-order valence-corrected chi connectivity index (χ3v) is 11.4. The molecule has 4 aliphatic heterocycles. The number of ether oxygens (including phenoxy) is 6. The van der Waals surface area contributed by atoms with Gasteiger partial charge in [-0.15, -0.1) is 32.1 Å². The minimum absolute atomic E-state index is 0. The van der Waals surface area contributed by atoms with E-state index in [2.05, 4.69) is 25.7 Å². The van der Waals surface area contributed by atoms with E-state index in [4.69, 9.17) is 60.8 Å². The summed E-state index contributed by atoms with van der Waals surface area (Å²) in [6.45, 7) is 17.0. The Kier molecular flexibility index (Phi) is 17.4. The fourth-order valence-electron chi connectivity index (χ4n) is 6.54. The van der Waals surface area contributed by atoms with E-state index in [0.717, 1.165) is 11.3 Å². The van der Waals surface area contributed by atoms with Crippen molar-refractivity contribution in [1.82, 2.24) is 4.90 Å². The number of hydrogen-bond donors (Lipinski definition) is 6. The van der Waals surface area contributed by atoms with Crippen LogP contribution in [0.4, 0.5) is 11.4 Å². The molecule has 308 valence electrons. The molecule has 54 heavy (non-hydrogen) atoms. The van der Waals surface area contributed by atoms with Crippen LogP contribution >= 0.6 is 30.9 Å². The van der Waals surface area contributed by atoms with Crippen molar-refractivity contribution >= 4 is 54.1 Å². The number of amides is 2. The number of anilines is 2. The van der Waals surface area contributed by atoms with Crippen LogP contribution in [0.3, 0.4) is 0 Å². The zero-order valence-electron chi connectivity index (χ0n) is 30.3. The maximum absolute atomic E-state index is 11.4. The number of thiophene rings is 2. The average Bonchev–Trinajstić information content (AvgIpc) is 3.89. The highest BCUT2D eigenvalue weighted by Gasteiger charge is 2.57. The zero-order chi connectivity index (χ0) is 38.7. The molecule has 6 rings (SSSR count). The second kappa shape index (κ2) is 19.7. The van der Waals surface area contributed by atoms with E-state index in [9.17, 15) is 19.3 Å². The molecule has 6 unspecified atom stereocenters. The Balaban J connectivity index is 0.000000310. The minimum Gasteiger partial charge on any atom is -0.397 e. The van der Waals surface area contributed by atoms with Crippen molar-refractivity contribution in [2.45, 2.75) is 124 Å². The molecule has 0 saturated carbocycles. The third-order valence-electron chi connectivity index (χ3n) is 8.95. The molecular formula is C34H59N5O12PS2+. The second-order valence-electron chi connectivity index (χ2n) is 13.3. The molecule has 0 spiro atoms. The smallest absolute Gasteiger partial charge is 0.397 e. The Bertz CT molecular complexity index is 1570. The Hall–Kier alpha value is -2.36. The summed E-state index contributed by atoms with van der Waals surface area (Å²) in [7, 11) is -2.75. The van der Waals surface area contributed by atoms with Gasteiger partial charge in [0.2, 0.25) is 0 Å². The molecule has 2 amide bonds. The van der Waals surface area contributed by atoms with Crippen LogP contribution in [0, 0.1) is 0 Å². The van der Waals surface area contributed by atoms with Gasteiger partial charge in [0.1, 0.15) is 65.2 Å². The summed E-state index contributed by atoms with van der Waals surface area (Å²) >= 11 is 2.31. The molecule has 6 heterocycles. The Morgan fingerprint density at radius 1 is 0.778 bits per heavy atom. The molecule has 0 radical (unpaired) electrons. The van der Waals surface area contributed by atoms with Crippen LogP contribution in [-0.2, 0) is 37.5 Å². The SMILES string of the molecule is C.C.CC1(C)OC2C(CO[P+](=O)O)OC(c3csc(C(N)=O)c3N)C2O1.CC1(C)OC2[C@@H](O1)[C@@H](CO)O[C@H]2c1csc(C(N)=O)c1N.CCN(CC)CC. The molecule has 17 nitrogen and oxygen atoms in total. The normalized spacial score (nSPS) is 28.7. The van der Waals surface area contributed by atoms with Gasteiger partial charge in [-0.3, -0.25) is 9.59 Å². The number of aliphatic hydroxyl groups is 1. The Labute approximate surface area is 326 Å². The van der Waals surface area contributed by atoms with Crippen LogP contribution in [0.1, 0.15) is 106 Å². The van der Waals surface area contributed by atoms with Gasteiger partial charge in [-0.25, -0.2) is 0 Å². The number of carbonyl (C=O) groups is 2. The van der Waals surface area contributed by atoms with Gasteiger partial charge in [-0.05, 0) is 58.1 Å². The summed E-state index contributed by atoms with van der Waals surface area (Å²) in [5.74, 6) is -2.77. The van der Waals surface area contributed by atoms with Gasteiger partial charge in [-0.1, -0.05) is 35.6 Å². The largest absolute Gasteiger partial charge is 0.694 e. The van der Waals surface area contributed by atoms with E-state index in [1.54, 1.807) is 24.6 Å². The summed E-state index contributed by atoms with van der Waals surface area (Å²) in [6.07, 6.45) is -3.90. The standard InChI is InChI=1S/C13H17N2O7PS.C13H18N2O5S.C6H15N.2CH4/c1-13(2)21-9-6(3-19-23(17)18)20-8(10(9)22-13)5-4-24-11(7(5)14)12(15)16;1-13(2)19-9-6(3-16)18-8(10(9)20-13)5-4-21-11(7(5)14)12(15)17;1-4-7(5-2)6-3;;/h4,6,8-10H,3H2,1-2H3,(H4-,14,15,16,17,18);4,6,8-10,16H,3,14H2,1-2H3,(H2,15,17);4-6H2,1-3H3;2*1H4/p+1/t;6-,8+,9+,10?;;;/m.1.../s1. The molecule has 9 atom stereocenters. The van der Waals surface area contributed by atoms with Crippen LogP contribution < -0.4 is 22.9 Å². The number of primary amides is 2. The Morgan fingerprint density at radius 2 is 1.15 bits per heavy atom. The molecule has 4 fully saturated rings. The number of nitrogen functional groups attached to an aromatic ring is 2. The van der Waals surface area contributed by atoms with Gasteiger partial charge in [0.15, 0.2) is 11.6 Å². The number of rotatable bonds is 11. The average molecular weight is 825 g/mol. The molecule has 4 saturated heterocycles. The highest BCUT2D eigenvalue weighted by Crippen LogP contribution is 2.49. The van der Waals surface area contributed by atoms with Crippen molar-refractivity contribution in [2.75, 3.05) is 44.3 Å². The van der Waals surface area contributed by atoms with E-state index in [1.807, 2.05) is 13.8 Å². The van der Waals surface area contributed by atoms with Crippen molar-refractivity contribution in [3.63, 3.8) is 0 Å². The van der Waals surface area contributed by atoms with E-state index in [-0.39, 0.29) is 50.8 Å². The number of nitrogens with two attached hydrogens (primary N) is 4.